The molecule has 0 aliphatic carbocycles. The largest absolute Gasteiger partial charge is 0.299 e. The van der Waals surface area contributed by atoms with E-state index in [1.54, 1.807) is 24.3 Å². The molecule has 0 spiro atoms. The zero-order valence-electron chi connectivity index (χ0n) is 9.54. The van der Waals surface area contributed by atoms with Crippen molar-refractivity contribution in [3.05, 3.63) is 41.2 Å². The van der Waals surface area contributed by atoms with Crippen LogP contribution >= 0.6 is 11.6 Å². The Hall–Kier alpha value is -1.53. The summed E-state index contributed by atoms with van der Waals surface area (Å²) in [6.45, 7) is 0.0439. The zero-order valence-corrected chi connectivity index (χ0v) is 11.1. The van der Waals surface area contributed by atoms with Crippen molar-refractivity contribution in [2.24, 2.45) is 0 Å². The van der Waals surface area contributed by atoms with Gasteiger partial charge in [0.05, 0.1) is 17.3 Å². The van der Waals surface area contributed by atoms with Crippen LogP contribution in [-0.4, -0.2) is 31.0 Å². The van der Waals surface area contributed by atoms with E-state index in [2.05, 4.69) is 10.2 Å². The Kier molecular flexibility index (Phi) is 3.88. The molecule has 2 aromatic rings. The number of hydrogen-bond acceptors (Lipinski definition) is 4. The molecule has 0 saturated heterocycles. The van der Waals surface area contributed by atoms with Crippen molar-refractivity contribution < 1.29 is 9.00 Å². The van der Waals surface area contributed by atoms with Crippen LogP contribution in [0.5, 0.6) is 0 Å². The maximum Gasteiger partial charge on any atom is 0.221 e. The topological polar surface area (TPSA) is 64.8 Å². The summed E-state index contributed by atoms with van der Waals surface area (Å²) in [7, 11) is -1.28. The number of ketones is 1. The van der Waals surface area contributed by atoms with Crippen LogP contribution in [0, 0.1) is 0 Å². The normalized spacial score (nSPS) is 12.3. The van der Waals surface area contributed by atoms with Crippen LogP contribution in [0.4, 0.5) is 0 Å². The van der Waals surface area contributed by atoms with E-state index >= 15 is 0 Å². The molecule has 7 heteroatoms. The summed E-state index contributed by atoms with van der Waals surface area (Å²) in [5.41, 5.74) is 0.504. The van der Waals surface area contributed by atoms with Gasteiger partial charge in [-0.05, 0) is 12.1 Å². The third-order valence-electron chi connectivity index (χ3n) is 2.30. The molecule has 0 bridgehead atoms. The second kappa shape index (κ2) is 5.41. The van der Waals surface area contributed by atoms with Gasteiger partial charge in [-0.25, -0.2) is 0 Å². The van der Waals surface area contributed by atoms with Crippen LogP contribution in [0.3, 0.4) is 0 Å². The van der Waals surface area contributed by atoms with E-state index in [0.717, 1.165) is 0 Å². The Balaban J connectivity index is 2.21. The highest BCUT2D eigenvalue weighted by molar-refractivity contribution is 7.84. The molecule has 0 radical (unpaired) electrons. The van der Waals surface area contributed by atoms with Crippen LogP contribution in [0.25, 0.3) is 0 Å². The SMILES string of the molecule is CS(=O)c1nncn1CC(=O)c1cccc(Cl)c1. The first-order valence-corrected chi connectivity index (χ1v) is 7.01. The Morgan fingerprint density at radius 1 is 1.50 bits per heavy atom. The van der Waals surface area contributed by atoms with Crippen LogP contribution < -0.4 is 0 Å². The molecule has 1 unspecified atom stereocenters. The maximum absolute atomic E-state index is 12.0. The summed E-state index contributed by atoms with van der Waals surface area (Å²) >= 11 is 5.82. The summed E-state index contributed by atoms with van der Waals surface area (Å²) in [5, 5.41) is 8.15. The lowest BCUT2D eigenvalue weighted by molar-refractivity contribution is 0.0969. The molecule has 0 aliphatic heterocycles. The van der Waals surface area contributed by atoms with Crippen molar-refractivity contribution in [1.29, 1.82) is 0 Å². The predicted octanol–water partition coefficient (Wildman–Crippen LogP) is 1.55. The Bertz CT molecular complexity index is 612. The van der Waals surface area contributed by atoms with E-state index in [0.29, 0.717) is 10.6 Å². The number of rotatable bonds is 4. The molecule has 0 N–H and O–H groups in total. The summed E-state index contributed by atoms with van der Waals surface area (Å²) in [5.74, 6) is -0.135. The van der Waals surface area contributed by atoms with Gasteiger partial charge in [-0.15, -0.1) is 10.2 Å². The van der Waals surface area contributed by atoms with Crippen LogP contribution in [0.2, 0.25) is 5.02 Å². The minimum absolute atomic E-state index is 0.0439. The summed E-state index contributed by atoms with van der Waals surface area (Å²) in [4.78, 5) is 12.0. The Morgan fingerprint density at radius 3 is 2.94 bits per heavy atom. The highest BCUT2D eigenvalue weighted by atomic mass is 35.5. The van der Waals surface area contributed by atoms with Crippen molar-refractivity contribution in [2.75, 3.05) is 6.26 Å². The maximum atomic E-state index is 12.0. The number of aromatic nitrogens is 3. The van der Waals surface area contributed by atoms with E-state index < -0.39 is 10.8 Å². The molecular weight excluding hydrogens is 274 g/mol. The molecule has 5 nitrogen and oxygen atoms in total. The van der Waals surface area contributed by atoms with Gasteiger partial charge in [0.2, 0.25) is 5.16 Å². The van der Waals surface area contributed by atoms with Crippen LogP contribution in [-0.2, 0) is 17.3 Å². The average Bonchev–Trinajstić information content (AvgIpc) is 2.77. The number of Topliss-reactive ketones (excluding diaryl/α,β-unsaturated/α-hetero) is 1. The van der Waals surface area contributed by atoms with Gasteiger partial charge in [-0.2, -0.15) is 0 Å². The molecule has 94 valence electrons. The third-order valence-corrected chi connectivity index (χ3v) is 3.36. The molecule has 1 heterocycles. The average molecular weight is 284 g/mol. The number of carbonyl (C=O) groups excluding carboxylic acids is 1. The van der Waals surface area contributed by atoms with Crippen molar-refractivity contribution in [3.8, 4) is 0 Å². The smallest absolute Gasteiger partial charge is 0.221 e. The van der Waals surface area contributed by atoms with Gasteiger partial charge in [0, 0.05) is 16.8 Å². The zero-order chi connectivity index (χ0) is 13.1. The lowest BCUT2D eigenvalue weighted by atomic mass is 10.1. The van der Waals surface area contributed by atoms with Gasteiger partial charge in [-0.3, -0.25) is 13.6 Å². The number of benzene rings is 1. The van der Waals surface area contributed by atoms with Crippen molar-refractivity contribution in [1.82, 2.24) is 14.8 Å². The second-order valence-electron chi connectivity index (χ2n) is 3.63. The van der Waals surface area contributed by atoms with E-state index in [4.69, 9.17) is 11.6 Å². The van der Waals surface area contributed by atoms with Crippen LogP contribution in [0.15, 0.2) is 35.7 Å². The summed E-state index contributed by atoms with van der Waals surface area (Å²) in [6, 6.07) is 6.68. The monoisotopic (exact) mass is 283 g/mol. The first-order chi connectivity index (χ1) is 8.58. The Labute approximate surface area is 111 Å². The van der Waals surface area contributed by atoms with Gasteiger partial charge in [0.15, 0.2) is 5.78 Å². The summed E-state index contributed by atoms with van der Waals surface area (Å²) < 4.78 is 12.8. The molecule has 18 heavy (non-hydrogen) atoms. The van der Waals surface area contributed by atoms with Crippen LogP contribution in [0.1, 0.15) is 10.4 Å². The van der Waals surface area contributed by atoms with E-state index in [1.807, 2.05) is 0 Å². The highest BCUT2D eigenvalue weighted by Crippen LogP contribution is 2.12. The number of hydrogen-bond donors (Lipinski definition) is 0. The van der Waals surface area contributed by atoms with Crippen molar-refractivity contribution in [2.45, 2.75) is 11.7 Å². The molecule has 2 rings (SSSR count). The molecule has 0 fully saturated rings. The fourth-order valence-corrected chi connectivity index (χ4v) is 2.28. The molecular formula is C11H10ClN3O2S. The van der Waals surface area contributed by atoms with E-state index in [1.165, 1.54) is 17.2 Å². The van der Waals surface area contributed by atoms with E-state index in [9.17, 15) is 9.00 Å². The predicted molar refractivity (Wildman–Crippen MR) is 68.1 cm³/mol. The van der Waals surface area contributed by atoms with Gasteiger partial charge in [0.25, 0.3) is 0 Å². The second-order valence-corrected chi connectivity index (χ2v) is 5.34. The molecule has 0 saturated carbocycles. The fourth-order valence-electron chi connectivity index (χ4n) is 1.48. The molecule has 1 aromatic carbocycles. The number of nitrogens with zero attached hydrogens (tertiary/aromatic N) is 3. The first kappa shape index (κ1) is 12.9. The van der Waals surface area contributed by atoms with Crippen molar-refractivity contribution >= 4 is 28.2 Å². The lowest BCUT2D eigenvalue weighted by Gasteiger charge is -2.04. The molecule has 0 aliphatic rings. The van der Waals surface area contributed by atoms with Gasteiger partial charge >= 0.3 is 0 Å². The number of carbonyl (C=O) groups is 1. The van der Waals surface area contributed by atoms with Gasteiger partial charge < -0.3 is 0 Å². The molecule has 0 amide bonds. The van der Waals surface area contributed by atoms with Gasteiger partial charge in [0.1, 0.15) is 6.33 Å². The summed E-state index contributed by atoms with van der Waals surface area (Å²) in [6.07, 6.45) is 2.88. The van der Waals surface area contributed by atoms with Crippen molar-refractivity contribution in [3.63, 3.8) is 0 Å². The molecule has 1 aromatic heterocycles. The number of halogens is 1. The van der Waals surface area contributed by atoms with Gasteiger partial charge in [-0.1, -0.05) is 23.7 Å². The molecule has 1 atom stereocenters. The Morgan fingerprint density at radius 2 is 2.28 bits per heavy atom. The standard InChI is InChI=1S/C11H10ClN3O2S/c1-18(17)11-14-13-7-15(11)6-10(16)8-3-2-4-9(12)5-8/h2-5,7H,6H2,1H3. The minimum Gasteiger partial charge on any atom is -0.299 e. The quantitative estimate of drug-likeness (QED) is 0.799. The minimum atomic E-state index is -1.28. The first-order valence-electron chi connectivity index (χ1n) is 5.08. The fraction of sp³-hybridized carbons (Fsp3) is 0.182. The third kappa shape index (κ3) is 2.83. The van der Waals surface area contributed by atoms with E-state index in [-0.39, 0.29) is 17.5 Å². The highest BCUT2D eigenvalue weighted by Gasteiger charge is 2.13. The lowest BCUT2D eigenvalue weighted by Crippen LogP contribution is -2.13.